The van der Waals surface area contributed by atoms with E-state index in [1.165, 1.54) is 18.2 Å². The molecule has 0 aliphatic carbocycles. The van der Waals surface area contributed by atoms with E-state index in [0.717, 1.165) is 4.90 Å². The molecule has 16 heavy (non-hydrogen) atoms. The van der Waals surface area contributed by atoms with Crippen LogP contribution in [-0.4, -0.2) is 16.7 Å². The van der Waals surface area contributed by atoms with Gasteiger partial charge in [-0.15, -0.1) is 0 Å². The molecular weight excluding hydrogens is 233 g/mol. The van der Waals surface area contributed by atoms with E-state index >= 15 is 0 Å². The molecule has 0 spiro atoms. The zero-order chi connectivity index (χ0) is 12.5. The van der Waals surface area contributed by atoms with Crippen molar-refractivity contribution in [1.82, 2.24) is 0 Å². The number of hydrogen-bond acceptors (Lipinski definition) is 1. The lowest BCUT2D eigenvalue weighted by molar-refractivity contribution is 0.195. The largest absolute Gasteiger partial charge is 0.465 e. The number of halogens is 2. The molecule has 1 aromatic carbocycles. The number of amides is 1. The summed E-state index contributed by atoms with van der Waals surface area (Å²) >= 11 is 5.62. The molecule has 0 radical (unpaired) electrons. The van der Waals surface area contributed by atoms with Gasteiger partial charge in [-0.3, -0.25) is 4.90 Å². The fourth-order valence-corrected chi connectivity index (χ4v) is 1.59. The minimum absolute atomic E-state index is 0.0347. The minimum Gasteiger partial charge on any atom is -0.465 e. The number of hydrogen-bond donors (Lipinski definition) is 1. The molecule has 0 fully saturated rings. The fourth-order valence-electron chi connectivity index (χ4n) is 1.42. The third-order valence-electron chi connectivity index (χ3n) is 2.03. The lowest BCUT2D eigenvalue weighted by atomic mass is 10.1. The van der Waals surface area contributed by atoms with E-state index in [1.807, 2.05) is 0 Å². The summed E-state index contributed by atoms with van der Waals surface area (Å²) in [7, 11) is 0. The first-order valence-corrected chi connectivity index (χ1v) is 5.10. The standard InChI is InChI=1S/C11H13ClFNO2/c1-11(2,3)14(10(15)16)8-6-4-5-7(12)9(8)13/h4-6H,1-3H3,(H,15,16). The van der Waals surface area contributed by atoms with Crippen molar-refractivity contribution in [3.8, 4) is 0 Å². The summed E-state index contributed by atoms with van der Waals surface area (Å²) in [6, 6.07) is 4.28. The van der Waals surface area contributed by atoms with Gasteiger partial charge >= 0.3 is 6.09 Å². The molecule has 5 heteroatoms. The highest BCUT2D eigenvalue weighted by Crippen LogP contribution is 2.30. The number of rotatable bonds is 1. The van der Waals surface area contributed by atoms with Gasteiger partial charge in [0.2, 0.25) is 0 Å². The molecule has 1 amide bonds. The molecule has 0 aromatic heterocycles. The van der Waals surface area contributed by atoms with Crippen LogP contribution >= 0.6 is 11.6 Å². The van der Waals surface area contributed by atoms with Crippen molar-refractivity contribution in [2.24, 2.45) is 0 Å². The molecule has 1 N–H and O–H groups in total. The Balaban J connectivity index is 3.33. The number of carboxylic acid groups (broad SMARTS) is 1. The second-order valence-electron chi connectivity index (χ2n) is 4.36. The molecule has 0 bridgehead atoms. The van der Waals surface area contributed by atoms with Crippen LogP contribution in [0.4, 0.5) is 14.9 Å². The summed E-state index contributed by atoms with van der Waals surface area (Å²) < 4.78 is 13.7. The van der Waals surface area contributed by atoms with E-state index in [0.29, 0.717) is 0 Å². The Labute approximate surface area is 98.4 Å². The van der Waals surface area contributed by atoms with E-state index in [4.69, 9.17) is 16.7 Å². The zero-order valence-electron chi connectivity index (χ0n) is 9.29. The van der Waals surface area contributed by atoms with Crippen molar-refractivity contribution in [3.05, 3.63) is 29.0 Å². The van der Waals surface area contributed by atoms with Crippen LogP contribution in [0.25, 0.3) is 0 Å². The molecule has 1 aromatic rings. The van der Waals surface area contributed by atoms with Gasteiger partial charge in [-0.05, 0) is 32.9 Å². The second-order valence-corrected chi connectivity index (χ2v) is 4.77. The van der Waals surface area contributed by atoms with Gasteiger partial charge in [-0.2, -0.15) is 0 Å². The number of benzene rings is 1. The van der Waals surface area contributed by atoms with Gasteiger partial charge in [0.15, 0.2) is 5.82 Å². The van der Waals surface area contributed by atoms with Gasteiger partial charge in [-0.1, -0.05) is 17.7 Å². The van der Waals surface area contributed by atoms with Crippen LogP contribution in [0.3, 0.4) is 0 Å². The van der Waals surface area contributed by atoms with E-state index in [-0.39, 0.29) is 10.7 Å². The van der Waals surface area contributed by atoms with E-state index < -0.39 is 17.4 Å². The topological polar surface area (TPSA) is 40.5 Å². The summed E-state index contributed by atoms with van der Waals surface area (Å²) in [5.74, 6) is -0.721. The number of nitrogens with zero attached hydrogens (tertiary/aromatic N) is 1. The van der Waals surface area contributed by atoms with Crippen LogP contribution in [0.15, 0.2) is 18.2 Å². The normalized spacial score (nSPS) is 11.3. The Hall–Kier alpha value is -1.29. The average Bonchev–Trinajstić information content (AvgIpc) is 2.09. The summed E-state index contributed by atoms with van der Waals surface area (Å²) in [6.45, 7) is 5.05. The van der Waals surface area contributed by atoms with Crippen molar-refractivity contribution in [2.45, 2.75) is 26.3 Å². The summed E-state index contributed by atoms with van der Waals surface area (Å²) in [4.78, 5) is 12.1. The quantitative estimate of drug-likeness (QED) is 0.818. The molecule has 0 unspecified atom stereocenters. The second kappa shape index (κ2) is 4.29. The molecule has 3 nitrogen and oxygen atoms in total. The molecule has 0 saturated heterocycles. The lowest BCUT2D eigenvalue weighted by Crippen LogP contribution is -2.45. The first-order chi connectivity index (χ1) is 7.25. The summed E-state index contributed by atoms with van der Waals surface area (Å²) in [5.41, 5.74) is -0.773. The van der Waals surface area contributed by atoms with Crippen LogP contribution in [0.1, 0.15) is 20.8 Å². The monoisotopic (exact) mass is 245 g/mol. The van der Waals surface area contributed by atoms with Crippen molar-refractivity contribution >= 4 is 23.4 Å². The van der Waals surface area contributed by atoms with Crippen molar-refractivity contribution < 1.29 is 14.3 Å². The van der Waals surface area contributed by atoms with Crippen molar-refractivity contribution in [3.63, 3.8) is 0 Å². The number of anilines is 1. The highest BCUT2D eigenvalue weighted by molar-refractivity contribution is 6.31. The van der Waals surface area contributed by atoms with Crippen LogP contribution in [0.5, 0.6) is 0 Å². The Morgan fingerprint density at radius 2 is 2.00 bits per heavy atom. The van der Waals surface area contributed by atoms with Gasteiger partial charge in [0.25, 0.3) is 0 Å². The average molecular weight is 246 g/mol. The predicted octanol–water partition coefficient (Wildman–Crippen LogP) is 3.76. The Morgan fingerprint density at radius 3 is 2.44 bits per heavy atom. The summed E-state index contributed by atoms with van der Waals surface area (Å²) in [5, 5.41) is 9.00. The van der Waals surface area contributed by atoms with E-state index in [9.17, 15) is 9.18 Å². The van der Waals surface area contributed by atoms with Crippen molar-refractivity contribution in [2.75, 3.05) is 4.90 Å². The van der Waals surface area contributed by atoms with Gasteiger partial charge in [-0.25, -0.2) is 9.18 Å². The lowest BCUT2D eigenvalue weighted by Gasteiger charge is -2.33. The molecule has 0 aliphatic rings. The maximum Gasteiger partial charge on any atom is 0.412 e. The zero-order valence-corrected chi connectivity index (χ0v) is 10.0. The van der Waals surface area contributed by atoms with Gasteiger partial charge < -0.3 is 5.11 Å². The van der Waals surface area contributed by atoms with Gasteiger partial charge in [0, 0.05) is 5.54 Å². The highest BCUT2D eigenvalue weighted by Gasteiger charge is 2.30. The molecule has 88 valence electrons. The maximum absolute atomic E-state index is 13.7. The Morgan fingerprint density at radius 1 is 1.44 bits per heavy atom. The first-order valence-electron chi connectivity index (χ1n) is 4.72. The molecule has 0 atom stereocenters. The van der Waals surface area contributed by atoms with Crippen LogP contribution < -0.4 is 4.90 Å². The summed E-state index contributed by atoms with van der Waals surface area (Å²) in [6.07, 6.45) is -1.21. The molecule has 0 saturated carbocycles. The van der Waals surface area contributed by atoms with E-state index in [2.05, 4.69) is 0 Å². The van der Waals surface area contributed by atoms with Gasteiger partial charge in [0.05, 0.1) is 10.7 Å². The predicted molar refractivity (Wildman–Crippen MR) is 61.7 cm³/mol. The first kappa shape index (κ1) is 12.8. The van der Waals surface area contributed by atoms with E-state index in [1.54, 1.807) is 20.8 Å². The molecule has 0 aliphatic heterocycles. The third kappa shape index (κ3) is 2.44. The van der Waals surface area contributed by atoms with Crippen LogP contribution in [-0.2, 0) is 0 Å². The fraction of sp³-hybridized carbons (Fsp3) is 0.364. The van der Waals surface area contributed by atoms with Crippen LogP contribution in [0.2, 0.25) is 5.02 Å². The maximum atomic E-state index is 13.7. The Kier molecular flexibility index (Phi) is 3.43. The third-order valence-corrected chi connectivity index (χ3v) is 2.33. The molecule has 1 rings (SSSR count). The minimum atomic E-state index is -1.21. The van der Waals surface area contributed by atoms with Crippen molar-refractivity contribution in [1.29, 1.82) is 0 Å². The highest BCUT2D eigenvalue weighted by atomic mass is 35.5. The molecular formula is C11H13ClFNO2. The van der Waals surface area contributed by atoms with Crippen LogP contribution in [0, 0.1) is 5.82 Å². The Bertz CT molecular complexity index is 415. The SMILES string of the molecule is CC(C)(C)N(C(=O)O)c1cccc(Cl)c1F. The number of carbonyl (C=O) groups is 1. The smallest absolute Gasteiger partial charge is 0.412 e. The van der Waals surface area contributed by atoms with Gasteiger partial charge in [0.1, 0.15) is 0 Å². The molecule has 0 heterocycles.